The van der Waals surface area contributed by atoms with Gasteiger partial charge in [0, 0.05) is 33.1 Å². The second-order valence-corrected chi connectivity index (χ2v) is 14.9. The van der Waals surface area contributed by atoms with Gasteiger partial charge in [0.05, 0.1) is 22.4 Å². The smallest absolute Gasteiger partial charge is 0.0541 e. The van der Waals surface area contributed by atoms with Crippen LogP contribution in [-0.4, -0.2) is 4.57 Å². The van der Waals surface area contributed by atoms with Gasteiger partial charge in [-0.15, -0.1) is 0 Å². The van der Waals surface area contributed by atoms with Crippen molar-refractivity contribution in [2.45, 2.75) is 0 Å². The molecule has 0 amide bonds. The summed E-state index contributed by atoms with van der Waals surface area (Å²) in [5.41, 5.74) is 14.0. The van der Waals surface area contributed by atoms with Crippen molar-refractivity contribution in [3.8, 4) is 39.1 Å². The van der Waals surface area contributed by atoms with E-state index in [9.17, 15) is 0 Å². The molecule has 0 aliphatic heterocycles. The summed E-state index contributed by atoms with van der Waals surface area (Å²) in [4.78, 5) is 2.45. The highest BCUT2D eigenvalue weighted by molar-refractivity contribution is 6.10. The van der Waals surface area contributed by atoms with Gasteiger partial charge >= 0.3 is 0 Å². The summed E-state index contributed by atoms with van der Waals surface area (Å²) in [6, 6.07) is 83.8. The molecule has 0 unspecified atom stereocenters. The van der Waals surface area contributed by atoms with E-state index in [-0.39, 0.29) is 0 Å². The third-order valence-electron chi connectivity index (χ3n) is 11.6. The van der Waals surface area contributed by atoms with E-state index in [1.807, 2.05) is 0 Å². The summed E-state index contributed by atoms with van der Waals surface area (Å²) < 4.78 is 2.39. The minimum Gasteiger partial charge on any atom is -0.309 e. The average molecular weight is 739 g/mol. The number of para-hydroxylation sites is 3. The first-order valence-corrected chi connectivity index (χ1v) is 19.9. The molecule has 1 aromatic heterocycles. The highest BCUT2D eigenvalue weighted by atomic mass is 15.1. The van der Waals surface area contributed by atoms with E-state index >= 15 is 0 Å². The second kappa shape index (κ2) is 14.1. The van der Waals surface area contributed by atoms with Crippen molar-refractivity contribution in [3.05, 3.63) is 231 Å². The van der Waals surface area contributed by atoms with Gasteiger partial charge in [0.2, 0.25) is 0 Å². The Hall–Kier alpha value is -7.68. The highest BCUT2D eigenvalue weighted by Gasteiger charge is 2.21. The molecule has 0 saturated carbocycles. The normalized spacial score (nSPS) is 11.4. The maximum atomic E-state index is 2.45. The lowest BCUT2D eigenvalue weighted by Gasteiger charge is -2.30. The second-order valence-electron chi connectivity index (χ2n) is 14.9. The zero-order chi connectivity index (χ0) is 38.4. The van der Waals surface area contributed by atoms with Gasteiger partial charge < -0.3 is 9.47 Å². The molecular weight excluding hydrogens is 701 g/mol. The van der Waals surface area contributed by atoms with Gasteiger partial charge in [0.25, 0.3) is 0 Å². The van der Waals surface area contributed by atoms with Crippen LogP contribution in [0.1, 0.15) is 0 Å². The number of anilines is 3. The predicted octanol–water partition coefficient (Wildman–Crippen LogP) is 15.6. The van der Waals surface area contributed by atoms with Gasteiger partial charge in [-0.2, -0.15) is 0 Å². The van der Waals surface area contributed by atoms with Crippen LogP contribution in [0, 0.1) is 0 Å². The SMILES string of the molecule is c1ccc(-c2ccccc2N(c2cccc(-c3cccc(-n4c5ccccc5c5ccccc54)c3)c2)c2ccc(-c3ccc4ccccc4c3)c3ccccc23)cc1. The molecule has 58 heavy (non-hydrogen) atoms. The Labute approximate surface area is 338 Å². The average Bonchev–Trinajstić information content (AvgIpc) is 3.64. The molecular formula is C56H38N2. The Morgan fingerprint density at radius 2 is 0.897 bits per heavy atom. The Bertz CT molecular complexity index is 3250. The Kier molecular flexibility index (Phi) is 8.19. The lowest BCUT2D eigenvalue weighted by atomic mass is 9.94. The van der Waals surface area contributed by atoms with Crippen molar-refractivity contribution in [2.75, 3.05) is 4.90 Å². The van der Waals surface area contributed by atoms with Crippen LogP contribution in [-0.2, 0) is 0 Å². The van der Waals surface area contributed by atoms with Crippen LogP contribution in [0.3, 0.4) is 0 Å². The molecule has 1 heterocycles. The summed E-state index contributed by atoms with van der Waals surface area (Å²) in [7, 11) is 0. The van der Waals surface area contributed by atoms with Crippen molar-refractivity contribution >= 4 is 60.4 Å². The lowest BCUT2D eigenvalue weighted by Crippen LogP contribution is -2.12. The highest BCUT2D eigenvalue weighted by Crippen LogP contribution is 2.46. The zero-order valence-corrected chi connectivity index (χ0v) is 31.8. The molecule has 0 saturated heterocycles. The van der Waals surface area contributed by atoms with Crippen LogP contribution in [0.15, 0.2) is 231 Å². The third kappa shape index (κ3) is 5.74. The van der Waals surface area contributed by atoms with Gasteiger partial charge in [-0.05, 0) is 98.6 Å². The van der Waals surface area contributed by atoms with Gasteiger partial charge in [-0.1, -0.05) is 176 Å². The molecule has 2 heteroatoms. The summed E-state index contributed by atoms with van der Waals surface area (Å²) in [6.45, 7) is 0. The summed E-state index contributed by atoms with van der Waals surface area (Å²) >= 11 is 0. The topological polar surface area (TPSA) is 8.17 Å². The van der Waals surface area contributed by atoms with Crippen LogP contribution in [0.5, 0.6) is 0 Å². The third-order valence-corrected chi connectivity index (χ3v) is 11.6. The van der Waals surface area contributed by atoms with E-state index in [4.69, 9.17) is 0 Å². The number of benzene rings is 10. The van der Waals surface area contributed by atoms with Crippen LogP contribution >= 0.6 is 0 Å². The molecule has 0 N–H and O–H groups in total. The predicted molar refractivity (Wildman–Crippen MR) is 247 cm³/mol. The number of hydrogen-bond donors (Lipinski definition) is 0. The van der Waals surface area contributed by atoms with Crippen molar-refractivity contribution in [2.24, 2.45) is 0 Å². The number of rotatable bonds is 7. The minimum atomic E-state index is 1.09. The van der Waals surface area contributed by atoms with Crippen molar-refractivity contribution in [3.63, 3.8) is 0 Å². The molecule has 0 spiro atoms. The maximum absolute atomic E-state index is 2.45. The van der Waals surface area contributed by atoms with Gasteiger partial charge in [-0.25, -0.2) is 0 Å². The standard InChI is InChI=1S/C56H38N2/c1-2-17-40(18-3-1)48-24-8-11-29-53(48)57(56-35-34-47(49-25-6-7-26-50(49)56)44-33-32-39-16-4-5-19-41(39)36-44)45-22-14-20-42(37-45)43-21-15-23-46(38-43)58-54-30-12-9-27-51(54)52-28-10-13-31-55(52)58/h1-38H. The Morgan fingerprint density at radius 3 is 1.69 bits per heavy atom. The maximum Gasteiger partial charge on any atom is 0.0541 e. The molecule has 0 radical (unpaired) electrons. The number of nitrogens with zero attached hydrogens (tertiary/aromatic N) is 2. The van der Waals surface area contributed by atoms with Crippen molar-refractivity contribution in [1.29, 1.82) is 0 Å². The first kappa shape index (κ1) is 33.6. The fraction of sp³-hybridized carbons (Fsp3) is 0. The summed E-state index contributed by atoms with van der Waals surface area (Å²) in [5, 5.41) is 7.42. The van der Waals surface area contributed by atoms with Crippen molar-refractivity contribution < 1.29 is 0 Å². The molecule has 272 valence electrons. The molecule has 10 aromatic carbocycles. The van der Waals surface area contributed by atoms with E-state index in [2.05, 4.69) is 240 Å². The lowest BCUT2D eigenvalue weighted by molar-refractivity contribution is 1.18. The van der Waals surface area contributed by atoms with Crippen molar-refractivity contribution in [1.82, 2.24) is 4.57 Å². The van der Waals surface area contributed by atoms with Gasteiger partial charge in [0.15, 0.2) is 0 Å². The zero-order valence-electron chi connectivity index (χ0n) is 31.8. The van der Waals surface area contributed by atoms with E-state index in [1.54, 1.807) is 0 Å². The van der Waals surface area contributed by atoms with Crippen LogP contribution in [0.25, 0.3) is 82.4 Å². The molecule has 0 fully saturated rings. The Balaban J connectivity index is 1.10. The molecule has 2 nitrogen and oxygen atoms in total. The number of fused-ring (bicyclic) bond motifs is 5. The molecule has 0 aliphatic rings. The largest absolute Gasteiger partial charge is 0.309 e. The fourth-order valence-electron chi connectivity index (χ4n) is 8.87. The molecule has 0 atom stereocenters. The van der Waals surface area contributed by atoms with Gasteiger partial charge in [0.1, 0.15) is 0 Å². The Morgan fingerprint density at radius 1 is 0.293 bits per heavy atom. The first-order chi connectivity index (χ1) is 28.8. The molecule has 0 aliphatic carbocycles. The van der Waals surface area contributed by atoms with Crippen LogP contribution in [0.4, 0.5) is 17.1 Å². The number of aromatic nitrogens is 1. The summed E-state index contributed by atoms with van der Waals surface area (Å²) in [6.07, 6.45) is 0. The number of hydrogen-bond acceptors (Lipinski definition) is 1. The fourth-order valence-corrected chi connectivity index (χ4v) is 8.87. The van der Waals surface area contributed by atoms with Gasteiger partial charge in [-0.3, -0.25) is 0 Å². The molecule has 11 aromatic rings. The van der Waals surface area contributed by atoms with Crippen LogP contribution < -0.4 is 4.90 Å². The minimum absolute atomic E-state index is 1.09. The molecule has 11 rings (SSSR count). The quantitative estimate of drug-likeness (QED) is 0.158. The van der Waals surface area contributed by atoms with E-state index in [0.29, 0.717) is 0 Å². The summed E-state index contributed by atoms with van der Waals surface area (Å²) in [5.74, 6) is 0. The van der Waals surface area contributed by atoms with E-state index in [0.717, 1.165) is 33.9 Å². The molecule has 0 bridgehead atoms. The van der Waals surface area contributed by atoms with E-state index < -0.39 is 0 Å². The van der Waals surface area contributed by atoms with Crippen LogP contribution in [0.2, 0.25) is 0 Å². The van der Waals surface area contributed by atoms with E-state index in [1.165, 1.54) is 65.6 Å². The monoisotopic (exact) mass is 738 g/mol. The first-order valence-electron chi connectivity index (χ1n) is 19.9.